The summed E-state index contributed by atoms with van der Waals surface area (Å²) in [4.78, 5) is 11.0. The van der Waals surface area contributed by atoms with Gasteiger partial charge in [-0.2, -0.15) is 0 Å². The Hall–Kier alpha value is -0.570. The summed E-state index contributed by atoms with van der Waals surface area (Å²) in [7, 11) is 0. The fourth-order valence-electron chi connectivity index (χ4n) is 2.00. The minimum atomic E-state index is -0.299. The number of cyclic esters (lactones) is 1. The van der Waals surface area contributed by atoms with E-state index < -0.39 is 0 Å². The molecule has 0 unspecified atom stereocenters. The first kappa shape index (κ1) is 12.5. The maximum Gasteiger partial charge on any atom is 0.306 e. The molecule has 3 nitrogen and oxygen atoms in total. The summed E-state index contributed by atoms with van der Waals surface area (Å²) < 4.78 is 5.16. The van der Waals surface area contributed by atoms with Crippen molar-refractivity contribution in [2.24, 2.45) is 0 Å². The van der Waals surface area contributed by atoms with Crippen molar-refractivity contribution in [3.63, 3.8) is 0 Å². The largest absolute Gasteiger partial charge is 0.462 e. The van der Waals surface area contributed by atoms with Gasteiger partial charge in [0.1, 0.15) is 6.10 Å². The zero-order chi connectivity index (χ0) is 11.1. The Kier molecular flexibility index (Phi) is 5.69. The van der Waals surface area contributed by atoms with Gasteiger partial charge in [0, 0.05) is 12.8 Å². The SMILES string of the molecule is CCCCC[C@H](O)C[C@@H]1CCCC(=O)O1. The van der Waals surface area contributed by atoms with Crippen LogP contribution in [0.1, 0.15) is 58.3 Å². The molecule has 1 rings (SSSR count). The predicted molar refractivity (Wildman–Crippen MR) is 58.5 cm³/mol. The smallest absolute Gasteiger partial charge is 0.306 e. The molecule has 2 atom stereocenters. The summed E-state index contributed by atoms with van der Waals surface area (Å²) in [5, 5.41) is 9.72. The van der Waals surface area contributed by atoms with Crippen LogP contribution in [0.3, 0.4) is 0 Å². The predicted octanol–water partition coefficient (Wildman–Crippen LogP) is 2.41. The zero-order valence-corrected chi connectivity index (χ0v) is 9.58. The molecule has 0 bridgehead atoms. The van der Waals surface area contributed by atoms with Crippen LogP contribution in [0.2, 0.25) is 0 Å². The molecule has 0 aromatic heterocycles. The average molecular weight is 214 g/mol. The van der Waals surface area contributed by atoms with Crippen LogP contribution in [0.15, 0.2) is 0 Å². The van der Waals surface area contributed by atoms with Gasteiger partial charge in [-0.3, -0.25) is 4.79 Å². The van der Waals surface area contributed by atoms with Crippen LogP contribution >= 0.6 is 0 Å². The van der Waals surface area contributed by atoms with E-state index in [2.05, 4.69) is 6.92 Å². The lowest BCUT2D eigenvalue weighted by molar-refractivity contribution is -0.155. The maximum atomic E-state index is 11.0. The van der Waals surface area contributed by atoms with Gasteiger partial charge in [-0.1, -0.05) is 26.2 Å². The minimum absolute atomic E-state index is 0.0390. The molecule has 0 aliphatic carbocycles. The van der Waals surface area contributed by atoms with Gasteiger partial charge in [0.05, 0.1) is 6.10 Å². The van der Waals surface area contributed by atoms with Crippen molar-refractivity contribution >= 4 is 5.97 Å². The summed E-state index contributed by atoms with van der Waals surface area (Å²) in [5.74, 6) is -0.105. The summed E-state index contributed by atoms with van der Waals surface area (Å²) in [5.41, 5.74) is 0. The monoisotopic (exact) mass is 214 g/mol. The van der Waals surface area contributed by atoms with E-state index in [9.17, 15) is 9.90 Å². The van der Waals surface area contributed by atoms with Crippen molar-refractivity contribution < 1.29 is 14.6 Å². The van der Waals surface area contributed by atoms with Gasteiger partial charge in [0.15, 0.2) is 0 Å². The van der Waals surface area contributed by atoms with Gasteiger partial charge in [0.2, 0.25) is 0 Å². The van der Waals surface area contributed by atoms with Gasteiger partial charge in [0.25, 0.3) is 0 Å². The van der Waals surface area contributed by atoms with Gasteiger partial charge in [-0.25, -0.2) is 0 Å². The Bertz CT molecular complexity index is 191. The van der Waals surface area contributed by atoms with Crippen molar-refractivity contribution in [3.8, 4) is 0 Å². The molecule has 0 aromatic rings. The molecule has 1 aliphatic heterocycles. The first-order valence-electron chi connectivity index (χ1n) is 6.10. The van der Waals surface area contributed by atoms with Crippen molar-refractivity contribution in [1.82, 2.24) is 0 Å². The third-order valence-corrected chi connectivity index (χ3v) is 2.88. The highest BCUT2D eigenvalue weighted by Gasteiger charge is 2.22. The molecule has 1 fully saturated rings. The van der Waals surface area contributed by atoms with E-state index >= 15 is 0 Å². The van der Waals surface area contributed by atoms with Crippen LogP contribution in [0.25, 0.3) is 0 Å². The highest BCUT2D eigenvalue weighted by Crippen LogP contribution is 2.19. The third-order valence-electron chi connectivity index (χ3n) is 2.88. The maximum absolute atomic E-state index is 11.0. The summed E-state index contributed by atoms with van der Waals surface area (Å²) >= 11 is 0. The fourth-order valence-corrected chi connectivity index (χ4v) is 2.00. The van der Waals surface area contributed by atoms with Crippen LogP contribution in [-0.4, -0.2) is 23.3 Å². The molecule has 0 saturated carbocycles. The van der Waals surface area contributed by atoms with Gasteiger partial charge in [-0.05, 0) is 19.3 Å². The van der Waals surface area contributed by atoms with Gasteiger partial charge in [-0.15, -0.1) is 0 Å². The molecule has 1 aliphatic rings. The number of hydrogen-bond donors (Lipinski definition) is 1. The normalized spacial score (nSPS) is 23.6. The van der Waals surface area contributed by atoms with Crippen molar-refractivity contribution in [2.75, 3.05) is 0 Å². The van der Waals surface area contributed by atoms with E-state index in [4.69, 9.17) is 4.74 Å². The van der Waals surface area contributed by atoms with E-state index in [1.807, 2.05) is 0 Å². The lowest BCUT2D eigenvalue weighted by Gasteiger charge is -2.24. The number of ether oxygens (including phenoxy) is 1. The Balaban J connectivity index is 2.13. The quantitative estimate of drug-likeness (QED) is 0.545. The second-order valence-electron chi connectivity index (χ2n) is 4.39. The molecule has 3 heteroatoms. The molecular weight excluding hydrogens is 192 g/mol. The zero-order valence-electron chi connectivity index (χ0n) is 9.58. The van der Waals surface area contributed by atoms with Crippen LogP contribution in [-0.2, 0) is 9.53 Å². The fraction of sp³-hybridized carbons (Fsp3) is 0.917. The number of unbranched alkanes of at least 4 members (excludes halogenated alkanes) is 2. The number of hydrogen-bond acceptors (Lipinski definition) is 3. The Morgan fingerprint density at radius 2 is 2.33 bits per heavy atom. The van der Waals surface area contributed by atoms with Gasteiger partial charge >= 0.3 is 5.97 Å². The number of aliphatic hydroxyl groups excluding tert-OH is 1. The van der Waals surface area contributed by atoms with E-state index in [0.717, 1.165) is 25.7 Å². The Morgan fingerprint density at radius 3 is 3.00 bits per heavy atom. The molecular formula is C12H22O3. The molecule has 1 saturated heterocycles. The summed E-state index contributed by atoms with van der Waals surface area (Å²) in [6, 6.07) is 0. The van der Waals surface area contributed by atoms with E-state index in [1.54, 1.807) is 0 Å². The standard InChI is InChI=1S/C12H22O3/c1-2-3-4-6-10(13)9-11-7-5-8-12(14)15-11/h10-11,13H,2-9H2,1H3/t10-,11-/m0/s1. The van der Waals surface area contributed by atoms with Crippen LogP contribution < -0.4 is 0 Å². The first-order valence-corrected chi connectivity index (χ1v) is 6.10. The van der Waals surface area contributed by atoms with Crippen LogP contribution in [0.5, 0.6) is 0 Å². The second kappa shape index (κ2) is 6.83. The van der Waals surface area contributed by atoms with Gasteiger partial charge < -0.3 is 9.84 Å². The number of rotatable bonds is 6. The van der Waals surface area contributed by atoms with Crippen molar-refractivity contribution in [1.29, 1.82) is 0 Å². The van der Waals surface area contributed by atoms with E-state index in [-0.39, 0.29) is 18.2 Å². The van der Waals surface area contributed by atoms with E-state index in [1.165, 1.54) is 12.8 Å². The molecule has 88 valence electrons. The highest BCUT2D eigenvalue weighted by molar-refractivity contribution is 5.70. The van der Waals surface area contributed by atoms with E-state index in [0.29, 0.717) is 12.8 Å². The number of esters is 1. The molecule has 0 amide bonds. The lowest BCUT2D eigenvalue weighted by Crippen LogP contribution is -2.27. The first-order chi connectivity index (χ1) is 7.22. The molecule has 0 spiro atoms. The Morgan fingerprint density at radius 1 is 1.53 bits per heavy atom. The van der Waals surface area contributed by atoms with Crippen molar-refractivity contribution in [2.45, 2.75) is 70.5 Å². The second-order valence-corrected chi connectivity index (χ2v) is 4.39. The molecule has 0 aromatic carbocycles. The number of carbonyl (C=O) groups excluding carboxylic acids is 1. The molecule has 0 radical (unpaired) electrons. The van der Waals surface area contributed by atoms with Crippen LogP contribution in [0.4, 0.5) is 0 Å². The average Bonchev–Trinajstić information content (AvgIpc) is 2.18. The summed E-state index contributed by atoms with van der Waals surface area (Å²) in [6.07, 6.45) is 6.89. The molecule has 1 heterocycles. The number of carbonyl (C=O) groups is 1. The molecule has 1 N–H and O–H groups in total. The lowest BCUT2D eigenvalue weighted by atomic mass is 10.00. The van der Waals surface area contributed by atoms with Crippen molar-refractivity contribution in [3.05, 3.63) is 0 Å². The third kappa shape index (κ3) is 5.17. The van der Waals surface area contributed by atoms with Crippen LogP contribution in [0, 0.1) is 0 Å². The Labute approximate surface area is 91.8 Å². The molecule has 15 heavy (non-hydrogen) atoms. The minimum Gasteiger partial charge on any atom is -0.462 e. The topological polar surface area (TPSA) is 46.5 Å². The summed E-state index contributed by atoms with van der Waals surface area (Å²) in [6.45, 7) is 2.15. The highest BCUT2D eigenvalue weighted by atomic mass is 16.5. The number of aliphatic hydroxyl groups is 1.